The molecule has 20 heavy (non-hydrogen) atoms. The normalized spacial score (nSPS) is 10.1. The van der Waals surface area contributed by atoms with Gasteiger partial charge in [0.05, 0.1) is 18.4 Å². The van der Waals surface area contributed by atoms with Gasteiger partial charge < -0.3 is 15.2 Å². The first-order valence-corrected chi connectivity index (χ1v) is 6.13. The molecule has 0 saturated heterocycles. The van der Waals surface area contributed by atoms with Gasteiger partial charge in [-0.25, -0.2) is 4.79 Å². The van der Waals surface area contributed by atoms with Crippen LogP contribution in [0.25, 0.3) is 0 Å². The number of nitrogens with zero attached hydrogens (tertiary/aromatic N) is 1. The molecular formula is C15H16N2O3. The maximum atomic E-state index is 11.3. The van der Waals surface area contributed by atoms with Crippen LogP contribution in [0.5, 0.6) is 5.75 Å². The van der Waals surface area contributed by atoms with Gasteiger partial charge >= 0.3 is 5.97 Å². The summed E-state index contributed by atoms with van der Waals surface area (Å²) in [6.45, 7) is 2.21. The molecule has 0 amide bonds. The number of nitrogen functional groups attached to an aromatic ring is 1. The topological polar surface area (TPSA) is 74.4 Å². The van der Waals surface area contributed by atoms with E-state index in [1.54, 1.807) is 12.1 Å². The minimum absolute atomic E-state index is 0.311. The number of nitrogens with two attached hydrogens (primary N) is 1. The quantitative estimate of drug-likeness (QED) is 0.683. The van der Waals surface area contributed by atoms with Gasteiger partial charge in [-0.3, -0.25) is 4.98 Å². The number of hydrogen-bond acceptors (Lipinski definition) is 5. The van der Waals surface area contributed by atoms with Crippen LogP contribution in [0.2, 0.25) is 0 Å². The molecule has 0 aliphatic heterocycles. The van der Waals surface area contributed by atoms with Gasteiger partial charge in [-0.1, -0.05) is 6.07 Å². The minimum Gasteiger partial charge on any atom is -0.487 e. The van der Waals surface area contributed by atoms with Crippen molar-refractivity contribution in [3.05, 3.63) is 53.3 Å². The fourth-order valence-electron chi connectivity index (χ4n) is 1.69. The van der Waals surface area contributed by atoms with Crippen molar-refractivity contribution in [3.63, 3.8) is 0 Å². The molecule has 2 rings (SSSR count). The van der Waals surface area contributed by atoms with Gasteiger partial charge in [-0.15, -0.1) is 0 Å². The van der Waals surface area contributed by atoms with E-state index in [0.29, 0.717) is 17.9 Å². The maximum Gasteiger partial charge on any atom is 0.339 e. The maximum absolute atomic E-state index is 11.3. The average molecular weight is 272 g/mol. The lowest BCUT2D eigenvalue weighted by Gasteiger charge is -2.10. The highest BCUT2D eigenvalue weighted by Crippen LogP contribution is 2.23. The van der Waals surface area contributed by atoms with E-state index >= 15 is 0 Å². The second kappa shape index (κ2) is 6.06. The smallest absolute Gasteiger partial charge is 0.339 e. The molecule has 0 radical (unpaired) electrons. The van der Waals surface area contributed by atoms with Crippen molar-refractivity contribution in [1.29, 1.82) is 0 Å². The molecule has 2 N–H and O–H groups in total. The molecule has 0 aliphatic carbocycles. The standard InChI is InChI=1S/C15H16N2O3/c1-10-13(16)4-3-5-14(10)20-9-12-7-6-11(8-17-12)15(18)19-2/h3-8H,9,16H2,1-2H3. The Morgan fingerprint density at radius 3 is 2.75 bits per heavy atom. The number of pyridine rings is 1. The molecule has 0 unspecified atom stereocenters. The highest BCUT2D eigenvalue weighted by atomic mass is 16.5. The summed E-state index contributed by atoms with van der Waals surface area (Å²) in [4.78, 5) is 15.4. The third-order valence-corrected chi connectivity index (χ3v) is 2.95. The summed E-state index contributed by atoms with van der Waals surface area (Å²) >= 11 is 0. The van der Waals surface area contributed by atoms with Crippen LogP contribution in [-0.2, 0) is 11.3 Å². The average Bonchev–Trinajstić information content (AvgIpc) is 2.48. The van der Waals surface area contributed by atoms with E-state index < -0.39 is 5.97 Å². The Morgan fingerprint density at radius 2 is 2.10 bits per heavy atom. The molecule has 0 fully saturated rings. The Labute approximate surface area is 117 Å². The van der Waals surface area contributed by atoms with E-state index in [2.05, 4.69) is 9.72 Å². The Kier molecular flexibility index (Phi) is 4.20. The van der Waals surface area contributed by atoms with E-state index in [9.17, 15) is 4.79 Å². The van der Waals surface area contributed by atoms with Crippen LogP contribution in [0.1, 0.15) is 21.6 Å². The number of methoxy groups -OCH3 is 1. The third-order valence-electron chi connectivity index (χ3n) is 2.95. The molecule has 5 heteroatoms. The van der Waals surface area contributed by atoms with Crippen molar-refractivity contribution in [2.45, 2.75) is 13.5 Å². The summed E-state index contributed by atoms with van der Waals surface area (Å²) in [5.41, 5.74) is 8.54. The van der Waals surface area contributed by atoms with Gasteiger partial charge in [0.15, 0.2) is 0 Å². The lowest BCUT2D eigenvalue weighted by atomic mass is 10.2. The Bertz CT molecular complexity index is 609. The van der Waals surface area contributed by atoms with Crippen molar-refractivity contribution >= 4 is 11.7 Å². The number of carbonyl (C=O) groups excluding carboxylic acids is 1. The van der Waals surface area contributed by atoms with E-state index in [1.807, 2.05) is 25.1 Å². The van der Waals surface area contributed by atoms with Gasteiger partial charge in [-0.05, 0) is 31.2 Å². The zero-order chi connectivity index (χ0) is 14.5. The highest BCUT2D eigenvalue weighted by molar-refractivity contribution is 5.88. The summed E-state index contributed by atoms with van der Waals surface area (Å²) in [5, 5.41) is 0. The number of rotatable bonds is 4. The lowest BCUT2D eigenvalue weighted by molar-refractivity contribution is 0.0600. The van der Waals surface area contributed by atoms with E-state index in [-0.39, 0.29) is 0 Å². The first kappa shape index (κ1) is 13.9. The number of esters is 1. The second-order valence-corrected chi connectivity index (χ2v) is 4.29. The van der Waals surface area contributed by atoms with E-state index in [4.69, 9.17) is 10.5 Å². The van der Waals surface area contributed by atoms with Crippen molar-refractivity contribution in [1.82, 2.24) is 4.98 Å². The zero-order valence-corrected chi connectivity index (χ0v) is 11.4. The van der Waals surface area contributed by atoms with Crippen LogP contribution in [-0.4, -0.2) is 18.1 Å². The summed E-state index contributed by atoms with van der Waals surface area (Å²) in [6, 6.07) is 8.91. The highest BCUT2D eigenvalue weighted by Gasteiger charge is 2.07. The summed E-state index contributed by atoms with van der Waals surface area (Å²) in [7, 11) is 1.34. The van der Waals surface area contributed by atoms with Crippen molar-refractivity contribution in [2.75, 3.05) is 12.8 Å². The Balaban J connectivity index is 2.04. The SMILES string of the molecule is COC(=O)c1ccc(COc2cccc(N)c2C)nc1. The van der Waals surface area contributed by atoms with Gasteiger partial charge in [0, 0.05) is 17.4 Å². The first-order chi connectivity index (χ1) is 9.61. The van der Waals surface area contributed by atoms with Crippen LogP contribution >= 0.6 is 0 Å². The molecule has 5 nitrogen and oxygen atoms in total. The monoisotopic (exact) mass is 272 g/mol. The molecule has 0 aliphatic rings. The predicted molar refractivity (Wildman–Crippen MR) is 75.5 cm³/mol. The molecule has 0 atom stereocenters. The largest absolute Gasteiger partial charge is 0.487 e. The minimum atomic E-state index is -0.406. The summed E-state index contributed by atoms with van der Waals surface area (Å²) in [5.74, 6) is 0.320. The van der Waals surface area contributed by atoms with Gasteiger partial charge in [0.1, 0.15) is 12.4 Å². The van der Waals surface area contributed by atoms with Crippen LogP contribution < -0.4 is 10.5 Å². The number of carbonyl (C=O) groups is 1. The number of ether oxygens (including phenoxy) is 2. The van der Waals surface area contributed by atoms with E-state index in [1.165, 1.54) is 13.3 Å². The van der Waals surface area contributed by atoms with Crippen molar-refractivity contribution in [3.8, 4) is 5.75 Å². The third kappa shape index (κ3) is 3.06. The van der Waals surface area contributed by atoms with Crippen LogP contribution in [0.15, 0.2) is 36.5 Å². The van der Waals surface area contributed by atoms with Gasteiger partial charge in [0.25, 0.3) is 0 Å². The number of aromatic nitrogens is 1. The van der Waals surface area contributed by atoms with Crippen LogP contribution in [0, 0.1) is 6.92 Å². The number of anilines is 1. The van der Waals surface area contributed by atoms with Gasteiger partial charge in [-0.2, -0.15) is 0 Å². The molecule has 1 aromatic heterocycles. The van der Waals surface area contributed by atoms with E-state index in [0.717, 1.165) is 17.0 Å². The molecule has 0 spiro atoms. The van der Waals surface area contributed by atoms with Gasteiger partial charge in [0.2, 0.25) is 0 Å². The van der Waals surface area contributed by atoms with Crippen LogP contribution in [0.3, 0.4) is 0 Å². The molecule has 104 valence electrons. The van der Waals surface area contributed by atoms with Crippen molar-refractivity contribution in [2.24, 2.45) is 0 Å². The summed E-state index contributed by atoms with van der Waals surface area (Å²) < 4.78 is 10.3. The predicted octanol–water partition coefficient (Wildman–Crippen LogP) is 2.34. The number of benzene rings is 1. The molecule has 1 aromatic carbocycles. The molecule has 1 heterocycles. The molecule has 0 saturated carbocycles. The van der Waals surface area contributed by atoms with Crippen LogP contribution in [0.4, 0.5) is 5.69 Å². The van der Waals surface area contributed by atoms with Crippen molar-refractivity contribution < 1.29 is 14.3 Å². The first-order valence-electron chi connectivity index (χ1n) is 6.13. The zero-order valence-electron chi connectivity index (χ0n) is 11.4. The number of hydrogen-bond donors (Lipinski definition) is 1. The fraction of sp³-hybridized carbons (Fsp3) is 0.200. The molecule has 2 aromatic rings. The second-order valence-electron chi connectivity index (χ2n) is 4.29. The lowest BCUT2D eigenvalue weighted by Crippen LogP contribution is -2.04. The molecule has 0 bridgehead atoms. The fourth-order valence-corrected chi connectivity index (χ4v) is 1.69. The summed E-state index contributed by atoms with van der Waals surface area (Å²) in [6.07, 6.45) is 1.47. The molecular weight excluding hydrogens is 256 g/mol. The Morgan fingerprint density at radius 1 is 1.30 bits per heavy atom. The Hall–Kier alpha value is -2.56.